The minimum absolute atomic E-state index is 0.0480. The molecule has 1 heterocycles. The van der Waals surface area contributed by atoms with Gasteiger partial charge in [0.25, 0.3) is 0 Å². The van der Waals surface area contributed by atoms with Crippen molar-refractivity contribution in [1.82, 2.24) is 4.31 Å². The number of rotatable bonds is 2. The van der Waals surface area contributed by atoms with Crippen LogP contribution in [0.15, 0.2) is 17.0 Å². The highest BCUT2D eigenvalue weighted by molar-refractivity contribution is 7.89. The van der Waals surface area contributed by atoms with Crippen LogP contribution in [0.5, 0.6) is 0 Å². The third-order valence-corrected chi connectivity index (χ3v) is 7.01. The second-order valence-electron chi connectivity index (χ2n) is 5.95. The second kappa shape index (κ2) is 5.95. The van der Waals surface area contributed by atoms with Crippen molar-refractivity contribution in [3.05, 3.63) is 22.2 Å². The normalized spacial score (nSPS) is 27.8. The summed E-state index contributed by atoms with van der Waals surface area (Å²) in [4.78, 5) is -0.0480. The average Bonchev–Trinajstić information content (AvgIpc) is 2.31. The predicted molar refractivity (Wildman–Crippen MR) is 87.2 cm³/mol. The molecule has 0 bridgehead atoms. The van der Waals surface area contributed by atoms with Crippen molar-refractivity contribution in [2.24, 2.45) is 11.8 Å². The molecule has 1 fully saturated rings. The van der Waals surface area contributed by atoms with Crippen LogP contribution in [0.25, 0.3) is 0 Å². The Kier molecular flexibility index (Phi) is 4.78. The maximum atomic E-state index is 13.0. The van der Waals surface area contributed by atoms with Gasteiger partial charge in [-0.05, 0) is 37.3 Å². The Hall–Kier alpha value is -0.490. The SMILES string of the molecule is CC1CC(C)C(C)N(S(=O)(=O)c2c(Cl)cc(N)cc2Cl)C1. The van der Waals surface area contributed by atoms with Crippen LogP contribution in [0.1, 0.15) is 27.2 Å². The Labute approximate surface area is 136 Å². The lowest BCUT2D eigenvalue weighted by Crippen LogP contribution is -2.48. The topological polar surface area (TPSA) is 63.4 Å². The van der Waals surface area contributed by atoms with Crippen LogP contribution in [0.3, 0.4) is 0 Å². The lowest BCUT2D eigenvalue weighted by Gasteiger charge is -2.40. The molecule has 4 nitrogen and oxygen atoms in total. The summed E-state index contributed by atoms with van der Waals surface area (Å²) in [6.45, 7) is 6.52. The summed E-state index contributed by atoms with van der Waals surface area (Å²) in [6.07, 6.45) is 1.01. The maximum absolute atomic E-state index is 13.0. The zero-order chi connectivity index (χ0) is 15.9. The van der Waals surface area contributed by atoms with Crippen molar-refractivity contribution in [3.63, 3.8) is 0 Å². The molecule has 118 valence electrons. The smallest absolute Gasteiger partial charge is 0.246 e. The van der Waals surface area contributed by atoms with Gasteiger partial charge in [0.15, 0.2) is 0 Å². The van der Waals surface area contributed by atoms with E-state index < -0.39 is 10.0 Å². The molecule has 0 radical (unpaired) electrons. The van der Waals surface area contributed by atoms with Gasteiger partial charge in [0.1, 0.15) is 4.90 Å². The fourth-order valence-corrected chi connectivity index (χ4v) is 5.95. The number of anilines is 1. The molecular weight excluding hydrogens is 331 g/mol. The van der Waals surface area contributed by atoms with Gasteiger partial charge in [-0.1, -0.05) is 37.0 Å². The molecule has 21 heavy (non-hydrogen) atoms. The summed E-state index contributed by atoms with van der Waals surface area (Å²) in [5.41, 5.74) is 5.99. The second-order valence-corrected chi connectivity index (χ2v) is 8.59. The lowest BCUT2D eigenvalue weighted by atomic mass is 9.88. The maximum Gasteiger partial charge on any atom is 0.246 e. The van der Waals surface area contributed by atoms with E-state index in [1.807, 2.05) is 6.92 Å². The Morgan fingerprint density at radius 3 is 2.24 bits per heavy atom. The van der Waals surface area contributed by atoms with E-state index in [4.69, 9.17) is 28.9 Å². The van der Waals surface area contributed by atoms with Gasteiger partial charge in [-0.25, -0.2) is 8.42 Å². The first kappa shape index (κ1) is 16.9. The third kappa shape index (κ3) is 3.16. The number of nitrogens with two attached hydrogens (primary N) is 1. The number of nitrogens with zero attached hydrogens (tertiary/aromatic N) is 1. The minimum Gasteiger partial charge on any atom is -0.399 e. The number of halogens is 2. The molecule has 1 aliphatic rings. The molecule has 2 rings (SSSR count). The number of benzene rings is 1. The highest BCUT2D eigenvalue weighted by Crippen LogP contribution is 2.38. The molecule has 0 amide bonds. The molecule has 0 aliphatic carbocycles. The molecule has 0 saturated carbocycles. The van der Waals surface area contributed by atoms with Gasteiger partial charge in [0, 0.05) is 18.3 Å². The van der Waals surface area contributed by atoms with Crippen molar-refractivity contribution in [3.8, 4) is 0 Å². The fraction of sp³-hybridized carbons (Fsp3) is 0.571. The first-order valence-corrected chi connectivity index (χ1v) is 9.10. The van der Waals surface area contributed by atoms with E-state index in [2.05, 4.69) is 13.8 Å². The van der Waals surface area contributed by atoms with Crippen LogP contribution in [0.2, 0.25) is 10.0 Å². The molecule has 3 unspecified atom stereocenters. The Bertz CT molecular complexity index is 625. The molecule has 2 N–H and O–H groups in total. The minimum atomic E-state index is -3.74. The zero-order valence-corrected chi connectivity index (χ0v) is 14.6. The molecule has 3 atom stereocenters. The van der Waals surface area contributed by atoms with E-state index >= 15 is 0 Å². The van der Waals surface area contributed by atoms with Crippen molar-refractivity contribution in [1.29, 1.82) is 0 Å². The Morgan fingerprint density at radius 1 is 1.19 bits per heavy atom. The van der Waals surface area contributed by atoms with Crippen LogP contribution in [0.4, 0.5) is 5.69 Å². The van der Waals surface area contributed by atoms with Gasteiger partial charge in [0.05, 0.1) is 10.0 Å². The summed E-state index contributed by atoms with van der Waals surface area (Å²) in [7, 11) is -3.74. The number of hydrogen-bond acceptors (Lipinski definition) is 3. The molecule has 1 saturated heterocycles. The number of nitrogen functional groups attached to an aromatic ring is 1. The molecule has 1 aliphatic heterocycles. The van der Waals surface area contributed by atoms with Gasteiger partial charge >= 0.3 is 0 Å². The van der Waals surface area contributed by atoms with E-state index in [-0.39, 0.29) is 26.9 Å². The van der Waals surface area contributed by atoms with E-state index in [1.165, 1.54) is 16.4 Å². The van der Waals surface area contributed by atoms with Crippen molar-refractivity contribution in [2.45, 2.75) is 38.1 Å². The van der Waals surface area contributed by atoms with E-state index in [1.54, 1.807) is 0 Å². The zero-order valence-electron chi connectivity index (χ0n) is 12.3. The Balaban J connectivity index is 2.52. The van der Waals surface area contributed by atoms with Crippen molar-refractivity contribution in [2.75, 3.05) is 12.3 Å². The van der Waals surface area contributed by atoms with Crippen LogP contribution < -0.4 is 5.73 Å². The van der Waals surface area contributed by atoms with Crippen molar-refractivity contribution < 1.29 is 8.42 Å². The monoisotopic (exact) mass is 350 g/mol. The quantitative estimate of drug-likeness (QED) is 0.828. The van der Waals surface area contributed by atoms with Gasteiger partial charge < -0.3 is 5.73 Å². The van der Waals surface area contributed by atoms with Gasteiger partial charge in [-0.15, -0.1) is 0 Å². The molecule has 7 heteroatoms. The van der Waals surface area contributed by atoms with E-state index in [9.17, 15) is 8.42 Å². The highest BCUT2D eigenvalue weighted by Gasteiger charge is 2.39. The standard InChI is InChI=1S/C14H20Cl2N2O2S/c1-8-4-9(2)10(3)18(7-8)21(19,20)14-12(15)5-11(17)6-13(14)16/h5-6,8-10H,4,7,17H2,1-3H3. The fourth-order valence-electron chi connectivity index (χ4n) is 2.92. The summed E-state index contributed by atoms with van der Waals surface area (Å²) in [5, 5.41) is 0.135. The average molecular weight is 351 g/mol. The summed E-state index contributed by atoms with van der Waals surface area (Å²) >= 11 is 12.2. The predicted octanol–water partition coefficient (Wildman–Crippen LogP) is 3.63. The molecular formula is C14H20Cl2N2O2S. The first-order valence-electron chi connectivity index (χ1n) is 6.91. The van der Waals surface area contributed by atoms with Gasteiger partial charge in [0.2, 0.25) is 10.0 Å². The molecule has 0 aromatic heterocycles. The lowest BCUT2D eigenvalue weighted by molar-refractivity contribution is 0.157. The summed E-state index contributed by atoms with van der Waals surface area (Å²) < 4.78 is 27.4. The molecule has 0 spiro atoms. The van der Waals surface area contributed by atoms with Gasteiger partial charge in [-0.2, -0.15) is 4.31 Å². The largest absolute Gasteiger partial charge is 0.399 e. The molecule has 1 aromatic carbocycles. The summed E-state index contributed by atoms with van der Waals surface area (Å²) in [5.74, 6) is 0.590. The highest BCUT2D eigenvalue weighted by atomic mass is 35.5. The van der Waals surface area contributed by atoms with E-state index in [0.29, 0.717) is 18.2 Å². The molecule has 1 aromatic rings. The number of hydrogen-bond donors (Lipinski definition) is 1. The van der Waals surface area contributed by atoms with Gasteiger partial charge in [-0.3, -0.25) is 0 Å². The summed E-state index contributed by atoms with van der Waals surface area (Å²) in [6, 6.07) is 2.75. The number of sulfonamides is 1. The van der Waals surface area contributed by atoms with Crippen molar-refractivity contribution >= 4 is 38.9 Å². The number of piperidine rings is 1. The van der Waals surface area contributed by atoms with Crippen LogP contribution >= 0.6 is 23.2 Å². The van der Waals surface area contributed by atoms with Crippen LogP contribution in [-0.4, -0.2) is 25.3 Å². The Morgan fingerprint density at radius 2 is 1.71 bits per heavy atom. The van der Waals surface area contributed by atoms with E-state index in [0.717, 1.165) is 6.42 Å². The first-order chi connectivity index (χ1) is 9.64. The van der Waals surface area contributed by atoms with Crippen LogP contribution in [0, 0.1) is 11.8 Å². The van der Waals surface area contributed by atoms with Crippen LogP contribution in [-0.2, 0) is 10.0 Å². The third-order valence-electron chi connectivity index (χ3n) is 4.13.